The van der Waals surface area contributed by atoms with Gasteiger partial charge < -0.3 is 9.88 Å². The van der Waals surface area contributed by atoms with Gasteiger partial charge in [-0.2, -0.15) is 0 Å². The maximum Gasteiger partial charge on any atom is 0.147 e. The van der Waals surface area contributed by atoms with Crippen molar-refractivity contribution >= 4 is 0 Å². The summed E-state index contributed by atoms with van der Waals surface area (Å²) in [5.41, 5.74) is 3.21. The van der Waals surface area contributed by atoms with Crippen molar-refractivity contribution < 1.29 is 4.39 Å². The average molecular weight is 391 g/mol. The van der Waals surface area contributed by atoms with Crippen LogP contribution in [-0.4, -0.2) is 39.3 Å². The Morgan fingerprint density at radius 2 is 1.79 bits per heavy atom. The molecule has 1 fully saturated rings. The van der Waals surface area contributed by atoms with E-state index in [1.807, 2.05) is 6.07 Å². The van der Waals surface area contributed by atoms with Crippen LogP contribution in [0.4, 0.5) is 4.39 Å². The minimum Gasteiger partial charge on any atom is -0.317 e. The third kappa shape index (κ3) is 3.95. The number of aromatic nitrogens is 3. The zero-order valence-corrected chi connectivity index (χ0v) is 16.5. The molecule has 2 aromatic carbocycles. The Labute approximate surface area is 170 Å². The summed E-state index contributed by atoms with van der Waals surface area (Å²) < 4.78 is 15.8. The Balaban J connectivity index is 1.25. The third-order valence-corrected chi connectivity index (χ3v) is 6.08. The van der Waals surface area contributed by atoms with Crippen LogP contribution in [0.25, 0.3) is 11.1 Å². The molecule has 5 nitrogen and oxygen atoms in total. The van der Waals surface area contributed by atoms with Crippen LogP contribution in [0.2, 0.25) is 0 Å². The van der Waals surface area contributed by atoms with Gasteiger partial charge in [0.2, 0.25) is 0 Å². The molecule has 1 aromatic heterocycles. The van der Waals surface area contributed by atoms with Crippen LogP contribution >= 0.6 is 0 Å². The zero-order chi connectivity index (χ0) is 19.6. The van der Waals surface area contributed by atoms with Gasteiger partial charge in [0.05, 0.1) is 6.54 Å². The number of fused-ring (bicyclic) bond motifs is 1. The van der Waals surface area contributed by atoms with Crippen molar-refractivity contribution in [2.45, 2.75) is 38.4 Å². The van der Waals surface area contributed by atoms with Crippen molar-refractivity contribution in [3.63, 3.8) is 0 Å². The largest absolute Gasteiger partial charge is 0.317 e. The molecule has 3 heterocycles. The number of nitrogens with zero attached hydrogens (tertiary/aromatic N) is 4. The minimum absolute atomic E-state index is 0.201. The Hall–Kier alpha value is -2.57. The maximum absolute atomic E-state index is 13.5. The highest BCUT2D eigenvalue weighted by molar-refractivity contribution is 5.63. The van der Waals surface area contributed by atoms with E-state index in [1.54, 1.807) is 12.1 Å². The van der Waals surface area contributed by atoms with E-state index >= 15 is 0 Å². The number of piperidine rings is 1. The number of rotatable bonds is 4. The number of hydrogen-bond acceptors (Lipinski definition) is 4. The predicted octanol–water partition coefficient (Wildman–Crippen LogP) is 3.57. The van der Waals surface area contributed by atoms with Crippen LogP contribution in [0.15, 0.2) is 48.5 Å². The molecule has 1 saturated heterocycles. The molecule has 2 aliphatic rings. The fourth-order valence-corrected chi connectivity index (χ4v) is 4.48. The number of nitrogens with one attached hydrogen (secondary N) is 1. The van der Waals surface area contributed by atoms with Gasteiger partial charge in [-0.25, -0.2) is 4.39 Å². The Bertz CT molecular complexity index is 975. The maximum atomic E-state index is 13.5. The molecule has 0 saturated carbocycles. The first-order chi connectivity index (χ1) is 14.3. The molecule has 0 unspecified atom stereocenters. The van der Waals surface area contributed by atoms with E-state index in [0.717, 1.165) is 69.1 Å². The van der Waals surface area contributed by atoms with Gasteiger partial charge in [0.25, 0.3) is 0 Å². The van der Waals surface area contributed by atoms with E-state index in [9.17, 15) is 4.39 Å². The lowest BCUT2D eigenvalue weighted by Crippen LogP contribution is -2.35. The topological polar surface area (TPSA) is 46.0 Å². The first-order valence-electron chi connectivity index (χ1n) is 10.5. The predicted molar refractivity (Wildman–Crippen MR) is 111 cm³/mol. The van der Waals surface area contributed by atoms with Crippen molar-refractivity contribution in [3.05, 3.63) is 71.6 Å². The lowest BCUT2D eigenvalue weighted by molar-refractivity contribution is 0.205. The van der Waals surface area contributed by atoms with Crippen LogP contribution in [0, 0.1) is 5.82 Å². The Morgan fingerprint density at radius 1 is 0.966 bits per heavy atom. The normalized spacial score (nSPS) is 18.0. The second kappa shape index (κ2) is 8.05. The molecular formula is C23H26FN5. The van der Waals surface area contributed by atoms with Crippen LogP contribution in [-0.2, 0) is 19.6 Å². The monoisotopic (exact) mass is 391 g/mol. The van der Waals surface area contributed by atoms with Gasteiger partial charge in [-0.15, -0.1) is 10.2 Å². The lowest BCUT2D eigenvalue weighted by atomic mass is 9.97. The fraction of sp³-hybridized carbons (Fsp3) is 0.391. The van der Waals surface area contributed by atoms with Crippen molar-refractivity contribution in [1.82, 2.24) is 25.0 Å². The fourth-order valence-electron chi connectivity index (χ4n) is 4.48. The van der Waals surface area contributed by atoms with E-state index in [0.29, 0.717) is 5.92 Å². The quantitative estimate of drug-likeness (QED) is 0.739. The van der Waals surface area contributed by atoms with Crippen molar-refractivity contribution in [3.8, 4) is 11.1 Å². The summed E-state index contributed by atoms with van der Waals surface area (Å²) in [6, 6.07) is 15.2. The summed E-state index contributed by atoms with van der Waals surface area (Å²) >= 11 is 0. The van der Waals surface area contributed by atoms with E-state index in [-0.39, 0.29) is 5.82 Å². The number of benzene rings is 2. The molecule has 3 aromatic rings. The molecule has 0 spiro atoms. The van der Waals surface area contributed by atoms with Gasteiger partial charge in [-0.1, -0.05) is 36.4 Å². The zero-order valence-electron chi connectivity index (χ0n) is 16.5. The van der Waals surface area contributed by atoms with Gasteiger partial charge in [0, 0.05) is 25.6 Å². The van der Waals surface area contributed by atoms with Crippen LogP contribution < -0.4 is 5.32 Å². The summed E-state index contributed by atoms with van der Waals surface area (Å²) in [7, 11) is 0. The number of halogens is 1. The van der Waals surface area contributed by atoms with E-state index in [1.165, 1.54) is 17.5 Å². The summed E-state index contributed by atoms with van der Waals surface area (Å²) in [6.45, 7) is 5.84. The smallest absolute Gasteiger partial charge is 0.147 e. The van der Waals surface area contributed by atoms with Gasteiger partial charge in [-0.05, 0) is 54.8 Å². The molecule has 0 aliphatic carbocycles. The highest BCUT2D eigenvalue weighted by Crippen LogP contribution is 2.27. The Kier molecular flexibility index (Phi) is 5.12. The van der Waals surface area contributed by atoms with E-state index < -0.39 is 0 Å². The van der Waals surface area contributed by atoms with Gasteiger partial charge in [0.15, 0.2) is 0 Å². The first kappa shape index (κ1) is 18.5. The summed E-state index contributed by atoms with van der Waals surface area (Å²) in [4.78, 5) is 2.42. The number of hydrogen-bond donors (Lipinski definition) is 1. The van der Waals surface area contributed by atoms with E-state index in [4.69, 9.17) is 0 Å². The molecule has 0 bridgehead atoms. The minimum atomic E-state index is -0.201. The second-order valence-corrected chi connectivity index (χ2v) is 8.07. The molecule has 2 aliphatic heterocycles. The summed E-state index contributed by atoms with van der Waals surface area (Å²) in [5, 5.41) is 12.5. The SMILES string of the molecule is Fc1cccc(-c2ccc(CN3CCn4c(nnc4C4CCNCC4)C3)cc2)c1. The van der Waals surface area contributed by atoms with Crippen LogP contribution in [0.3, 0.4) is 0 Å². The summed E-state index contributed by atoms with van der Waals surface area (Å²) in [5.74, 6) is 2.61. The van der Waals surface area contributed by atoms with Gasteiger partial charge in [-0.3, -0.25) is 4.90 Å². The molecule has 29 heavy (non-hydrogen) atoms. The first-order valence-corrected chi connectivity index (χ1v) is 10.5. The molecule has 0 radical (unpaired) electrons. The molecule has 0 atom stereocenters. The average Bonchev–Trinajstić information content (AvgIpc) is 3.18. The molecule has 1 N–H and O–H groups in total. The lowest BCUT2D eigenvalue weighted by Gasteiger charge is -2.29. The molecular weight excluding hydrogens is 365 g/mol. The highest BCUT2D eigenvalue weighted by Gasteiger charge is 2.26. The highest BCUT2D eigenvalue weighted by atomic mass is 19.1. The van der Waals surface area contributed by atoms with Crippen molar-refractivity contribution in [2.75, 3.05) is 19.6 Å². The third-order valence-electron chi connectivity index (χ3n) is 6.08. The van der Waals surface area contributed by atoms with Crippen molar-refractivity contribution in [1.29, 1.82) is 0 Å². The second-order valence-electron chi connectivity index (χ2n) is 8.07. The Morgan fingerprint density at radius 3 is 2.59 bits per heavy atom. The van der Waals surface area contributed by atoms with E-state index in [2.05, 4.69) is 49.2 Å². The molecule has 0 amide bonds. The molecule has 6 heteroatoms. The molecule has 5 rings (SSSR count). The van der Waals surface area contributed by atoms with Gasteiger partial charge in [0.1, 0.15) is 17.5 Å². The molecule has 150 valence electrons. The van der Waals surface area contributed by atoms with Crippen LogP contribution in [0.5, 0.6) is 0 Å². The summed E-state index contributed by atoms with van der Waals surface area (Å²) in [6.07, 6.45) is 2.30. The standard InChI is InChI=1S/C23H26FN5/c24-21-3-1-2-20(14-21)18-6-4-17(5-7-18)15-28-12-13-29-22(16-28)26-27-23(29)19-8-10-25-11-9-19/h1-7,14,19,25H,8-13,15-16H2. The van der Waals surface area contributed by atoms with Crippen molar-refractivity contribution in [2.24, 2.45) is 0 Å². The van der Waals surface area contributed by atoms with Gasteiger partial charge >= 0.3 is 0 Å². The van der Waals surface area contributed by atoms with Crippen LogP contribution in [0.1, 0.15) is 36.0 Å².